The number of carbonyl (C=O) groups excluding carboxylic acids is 2. The lowest BCUT2D eigenvalue weighted by Crippen LogP contribution is -1.99. The summed E-state index contributed by atoms with van der Waals surface area (Å²) in [5.74, 6) is -0.136. The van der Waals surface area contributed by atoms with Crippen molar-refractivity contribution < 1.29 is 19.1 Å². The molecule has 0 aromatic carbocycles. The molecule has 0 N–H and O–H groups in total. The molecule has 4 nitrogen and oxygen atoms in total. The van der Waals surface area contributed by atoms with Crippen LogP contribution >= 0.6 is 0 Å². The summed E-state index contributed by atoms with van der Waals surface area (Å²) in [6, 6.07) is 0. The van der Waals surface area contributed by atoms with Crippen LogP contribution < -0.4 is 0 Å². The Labute approximate surface area is 225 Å². The molecule has 0 heterocycles. The number of hydrogen-bond acceptors (Lipinski definition) is 4. The molecule has 0 radical (unpaired) electrons. The molecule has 0 aliphatic rings. The molecule has 214 valence electrons. The lowest BCUT2D eigenvalue weighted by atomic mass is 10.0. The Hall–Kier alpha value is -1.06. The number of unbranched alkanes of at least 4 members (excludes halogenated alkanes) is 25. The zero-order valence-electron chi connectivity index (χ0n) is 24.4. The standard InChI is InChI=1S/C32H62O4/c1-35-31(33)29-27-25-23-21-19-17-15-13-11-9-7-5-3-4-6-8-10-12-14-16-18-20-22-24-26-28-30-32(34)36-2/h3-30H2,1-2H3. The Morgan fingerprint density at radius 2 is 0.444 bits per heavy atom. The molecular weight excluding hydrogens is 448 g/mol. The zero-order chi connectivity index (χ0) is 26.4. The van der Waals surface area contributed by atoms with Gasteiger partial charge in [0.05, 0.1) is 14.2 Å². The van der Waals surface area contributed by atoms with E-state index in [0.29, 0.717) is 12.8 Å². The quantitative estimate of drug-likeness (QED) is 0.0741. The largest absolute Gasteiger partial charge is 0.469 e. The van der Waals surface area contributed by atoms with Crippen molar-refractivity contribution in [1.29, 1.82) is 0 Å². The Balaban J connectivity index is 3.05. The van der Waals surface area contributed by atoms with Crippen LogP contribution in [0.15, 0.2) is 0 Å². The van der Waals surface area contributed by atoms with E-state index in [-0.39, 0.29) is 11.9 Å². The SMILES string of the molecule is COC(=O)CCCCCCCCCCCCCCCCCCCCCCCCCCCCC(=O)OC. The van der Waals surface area contributed by atoms with E-state index < -0.39 is 0 Å². The van der Waals surface area contributed by atoms with Gasteiger partial charge in [0.1, 0.15) is 0 Å². The molecule has 0 amide bonds. The topological polar surface area (TPSA) is 52.6 Å². The third-order valence-corrected chi connectivity index (χ3v) is 7.47. The highest BCUT2D eigenvalue weighted by atomic mass is 16.5. The van der Waals surface area contributed by atoms with Crippen LogP contribution in [0.1, 0.15) is 180 Å². The predicted octanol–water partition coefficient (Wildman–Crippen LogP) is 10.3. The van der Waals surface area contributed by atoms with Gasteiger partial charge < -0.3 is 9.47 Å². The van der Waals surface area contributed by atoms with Gasteiger partial charge in [0.2, 0.25) is 0 Å². The van der Waals surface area contributed by atoms with E-state index in [0.717, 1.165) is 12.8 Å². The molecule has 36 heavy (non-hydrogen) atoms. The first kappa shape index (κ1) is 34.9. The van der Waals surface area contributed by atoms with Crippen LogP contribution in [0, 0.1) is 0 Å². The zero-order valence-corrected chi connectivity index (χ0v) is 24.4. The minimum Gasteiger partial charge on any atom is -0.469 e. The Bertz CT molecular complexity index is 421. The van der Waals surface area contributed by atoms with Crippen LogP contribution in [0.3, 0.4) is 0 Å². The third-order valence-electron chi connectivity index (χ3n) is 7.47. The number of ether oxygens (including phenoxy) is 2. The van der Waals surface area contributed by atoms with E-state index in [9.17, 15) is 9.59 Å². The number of esters is 2. The molecule has 4 heteroatoms. The van der Waals surface area contributed by atoms with Gasteiger partial charge in [0.15, 0.2) is 0 Å². The second-order valence-electron chi connectivity index (χ2n) is 10.8. The van der Waals surface area contributed by atoms with Gasteiger partial charge in [-0.1, -0.05) is 154 Å². The van der Waals surface area contributed by atoms with Gasteiger partial charge in [0.25, 0.3) is 0 Å². The molecule has 0 atom stereocenters. The molecule has 0 rings (SSSR count). The Kier molecular flexibility index (Phi) is 29.3. The summed E-state index contributed by atoms with van der Waals surface area (Å²) in [4.78, 5) is 22.1. The van der Waals surface area contributed by atoms with Crippen molar-refractivity contribution in [1.82, 2.24) is 0 Å². The summed E-state index contributed by atoms with van der Waals surface area (Å²) in [6.07, 6.45) is 36.1. The molecule has 0 aromatic rings. The molecule has 0 saturated carbocycles. The van der Waals surface area contributed by atoms with Gasteiger partial charge >= 0.3 is 11.9 Å². The molecule has 0 bridgehead atoms. The van der Waals surface area contributed by atoms with Crippen LogP contribution in [0.5, 0.6) is 0 Å². The molecule has 0 fully saturated rings. The fraction of sp³-hybridized carbons (Fsp3) is 0.938. The molecule has 0 saturated heterocycles. The van der Waals surface area contributed by atoms with E-state index >= 15 is 0 Å². The highest BCUT2D eigenvalue weighted by Gasteiger charge is 2.00. The molecule has 0 aromatic heterocycles. The third kappa shape index (κ3) is 29.2. The van der Waals surface area contributed by atoms with Crippen LogP contribution in [0.25, 0.3) is 0 Å². The molecule has 0 aliphatic heterocycles. The minimum atomic E-state index is -0.0680. The summed E-state index contributed by atoms with van der Waals surface area (Å²) in [6.45, 7) is 0. The first-order valence-corrected chi connectivity index (χ1v) is 15.8. The van der Waals surface area contributed by atoms with Crippen LogP contribution in [-0.4, -0.2) is 26.2 Å². The van der Waals surface area contributed by atoms with Gasteiger partial charge in [-0.15, -0.1) is 0 Å². The van der Waals surface area contributed by atoms with E-state index in [1.54, 1.807) is 0 Å². The molecule has 0 unspecified atom stereocenters. The van der Waals surface area contributed by atoms with E-state index in [2.05, 4.69) is 9.47 Å². The summed E-state index contributed by atoms with van der Waals surface area (Å²) in [5.41, 5.74) is 0. The average Bonchev–Trinajstić information content (AvgIpc) is 2.89. The summed E-state index contributed by atoms with van der Waals surface area (Å²) in [7, 11) is 2.94. The maximum Gasteiger partial charge on any atom is 0.305 e. The second-order valence-corrected chi connectivity index (χ2v) is 10.8. The van der Waals surface area contributed by atoms with Gasteiger partial charge in [-0.25, -0.2) is 0 Å². The normalized spacial score (nSPS) is 11.1. The highest BCUT2D eigenvalue weighted by molar-refractivity contribution is 5.69. The first-order valence-electron chi connectivity index (χ1n) is 15.8. The number of methoxy groups -OCH3 is 2. The average molecular weight is 511 g/mol. The first-order chi connectivity index (χ1) is 17.7. The van der Waals surface area contributed by atoms with Crippen LogP contribution in [0.4, 0.5) is 0 Å². The summed E-state index contributed by atoms with van der Waals surface area (Å²) < 4.78 is 9.34. The highest BCUT2D eigenvalue weighted by Crippen LogP contribution is 2.16. The van der Waals surface area contributed by atoms with Gasteiger partial charge in [-0.3, -0.25) is 9.59 Å². The number of carbonyl (C=O) groups is 2. The molecule has 0 aliphatic carbocycles. The Morgan fingerprint density at radius 1 is 0.306 bits per heavy atom. The summed E-state index contributed by atoms with van der Waals surface area (Å²) in [5, 5.41) is 0. The lowest BCUT2D eigenvalue weighted by Gasteiger charge is -2.04. The molecule has 0 spiro atoms. The van der Waals surface area contributed by atoms with E-state index in [4.69, 9.17) is 0 Å². The maximum atomic E-state index is 11.0. The smallest absolute Gasteiger partial charge is 0.305 e. The van der Waals surface area contributed by atoms with Crippen molar-refractivity contribution in [3.63, 3.8) is 0 Å². The van der Waals surface area contributed by atoms with Crippen molar-refractivity contribution in [2.45, 2.75) is 180 Å². The van der Waals surface area contributed by atoms with Crippen molar-refractivity contribution in [2.75, 3.05) is 14.2 Å². The van der Waals surface area contributed by atoms with Crippen LogP contribution in [0.2, 0.25) is 0 Å². The van der Waals surface area contributed by atoms with E-state index in [1.807, 2.05) is 0 Å². The second kappa shape index (κ2) is 30.2. The maximum absolute atomic E-state index is 11.0. The van der Waals surface area contributed by atoms with Gasteiger partial charge in [0, 0.05) is 12.8 Å². The number of rotatable bonds is 29. The van der Waals surface area contributed by atoms with Crippen molar-refractivity contribution in [3.05, 3.63) is 0 Å². The van der Waals surface area contributed by atoms with Crippen LogP contribution in [-0.2, 0) is 19.1 Å². The molecular formula is C32H62O4. The Morgan fingerprint density at radius 3 is 0.583 bits per heavy atom. The van der Waals surface area contributed by atoms with Gasteiger partial charge in [-0.05, 0) is 12.8 Å². The monoisotopic (exact) mass is 510 g/mol. The lowest BCUT2D eigenvalue weighted by molar-refractivity contribution is -0.141. The predicted molar refractivity (Wildman–Crippen MR) is 153 cm³/mol. The van der Waals surface area contributed by atoms with Crippen molar-refractivity contribution in [2.24, 2.45) is 0 Å². The number of hydrogen-bond donors (Lipinski definition) is 0. The van der Waals surface area contributed by atoms with Crippen molar-refractivity contribution in [3.8, 4) is 0 Å². The van der Waals surface area contributed by atoms with E-state index in [1.165, 1.54) is 168 Å². The minimum absolute atomic E-state index is 0.0680. The van der Waals surface area contributed by atoms with Gasteiger partial charge in [-0.2, -0.15) is 0 Å². The summed E-state index contributed by atoms with van der Waals surface area (Å²) >= 11 is 0. The van der Waals surface area contributed by atoms with Crippen molar-refractivity contribution >= 4 is 11.9 Å². The fourth-order valence-corrected chi connectivity index (χ4v) is 4.99. The fourth-order valence-electron chi connectivity index (χ4n) is 4.99.